The van der Waals surface area contributed by atoms with Gasteiger partial charge < -0.3 is 9.88 Å². The first kappa shape index (κ1) is 17.2. The van der Waals surface area contributed by atoms with Crippen LogP contribution >= 0.6 is 11.6 Å². The minimum Gasteiger partial charge on any atom is -0.335 e. The fourth-order valence-electron chi connectivity index (χ4n) is 5.82. The smallest absolute Gasteiger partial charge is 0.258 e. The largest absolute Gasteiger partial charge is 0.335 e. The Balaban J connectivity index is 1.39. The van der Waals surface area contributed by atoms with Gasteiger partial charge in [0.05, 0.1) is 17.4 Å². The first-order valence-corrected chi connectivity index (χ1v) is 10.4. The molecular formula is C21H24ClN3O2. The van der Waals surface area contributed by atoms with Crippen LogP contribution in [0.15, 0.2) is 23.0 Å². The van der Waals surface area contributed by atoms with Crippen molar-refractivity contribution in [2.24, 2.45) is 29.6 Å². The zero-order chi connectivity index (χ0) is 18.7. The highest BCUT2D eigenvalue weighted by atomic mass is 35.5. The Kier molecular flexibility index (Phi) is 4.04. The van der Waals surface area contributed by atoms with E-state index < -0.39 is 0 Å². The predicted molar refractivity (Wildman–Crippen MR) is 104 cm³/mol. The number of aromatic amines is 1. The lowest BCUT2D eigenvalue weighted by molar-refractivity contribution is -0.134. The van der Waals surface area contributed by atoms with Gasteiger partial charge in [0.15, 0.2) is 0 Å². The van der Waals surface area contributed by atoms with Crippen LogP contribution in [-0.2, 0) is 11.3 Å². The van der Waals surface area contributed by atoms with E-state index in [1.165, 1.54) is 19.3 Å². The lowest BCUT2D eigenvalue weighted by Crippen LogP contribution is -2.35. The number of benzene rings is 1. The molecule has 1 amide bonds. The molecule has 2 aromatic rings. The number of carbonyl (C=O) groups is 1. The van der Waals surface area contributed by atoms with E-state index in [1.54, 1.807) is 18.2 Å². The molecule has 1 heterocycles. The quantitative estimate of drug-likeness (QED) is 0.855. The summed E-state index contributed by atoms with van der Waals surface area (Å²) in [6.07, 6.45) is 4.85. The van der Waals surface area contributed by atoms with Crippen LogP contribution in [0.4, 0.5) is 0 Å². The summed E-state index contributed by atoms with van der Waals surface area (Å²) in [6, 6.07) is 5.07. The van der Waals surface area contributed by atoms with Gasteiger partial charge in [-0.05, 0) is 67.6 Å². The van der Waals surface area contributed by atoms with Crippen molar-refractivity contribution in [1.29, 1.82) is 0 Å². The second-order valence-electron chi connectivity index (χ2n) is 8.45. The maximum Gasteiger partial charge on any atom is 0.258 e. The first-order valence-electron chi connectivity index (χ1n) is 10.0. The van der Waals surface area contributed by atoms with Crippen LogP contribution < -0.4 is 5.56 Å². The molecule has 1 N–H and O–H groups in total. The zero-order valence-electron chi connectivity index (χ0n) is 15.5. The summed E-state index contributed by atoms with van der Waals surface area (Å²) in [5, 5.41) is 1.07. The summed E-state index contributed by atoms with van der Waals surface area (Å²) in [5.74, 6) is 3.81. The lowest BCUT2D eigenvalue weighted by Gasteiger charge is -2.23. The molecule has 2 bridgehead atoms. The molecule has 3 fully saturated rings. The minimum absolute atomic E-state index is 0.183. The Morgan fingerprint density at radius 3 is 2.74 bits per heavy atom. The van der Waals surface area contributed by atoms with Crippen LogP contribution in [0.5, 0.6) is 0 Å². The number of H-pyrrole nitrogens is 1. The van der Waals surface area contributed by atoms with Gasteiger partial charge in [0.1, 0.15) is 5.82 Å². The van der Waals surface area contributed by atoms with Gasteiger partial charge in [-0.25, -0.2) is 4.98 Å². The van der Waals surface area contributed by atoms with Crippen molar-refractivity contribution in [3.63, 3.8) is 0 Å². The molecule has 6 heteroatoms. The second kappa shape index (κ2) is 6.33. The van der Waals surface area contributed by atoms with Gasteiger partial charge in [-0.2, -0.15) is 0 Å². The molecule has 0 saturated heterocycles. The molecule has 5 rings (SSSR count). The van der Waals surface area contributed by atoms with Gasteiger partial charge in [0.2, 0.25) is 5.91 Å². The maximum absolute atomic E-state index is 13.2. The normalized spacial score (nSPS) is 30.5. The number of nitrogens with zero attached hydrogens (tertiary/aromatic N) is 2. The van der Waals surface area contributed by atoms with E-state index in [4.69, 9.17) is 11.6 Å². The maximum atomic E-state index is 13.2. The summed E-state index contributed by atoms with van der Waals surface area (Å²) < 4.78 is 0. The molecule has 5 nitrogen and oxygen atoms in total. The third kappa shape index (κ3) is 2.78. The van der Waals surface area contributed by atoms with E-state index in [2.05, 4.69) is 16.9 Å². The van der Waals surface area contributed by atoms with E-state index in [9.17, 15) is 9.59 Å². The van der Waals surface area contributed by atoms with Gasteiger partial charge in [-0.1, -0.05) is 18.5 Å². The van der Waals surface area contributed by atoms with Crippen molar-refractivity contribution in [2.45, 2.75) is 39.2 Å². The third-order valence-corrected chi connectivity index (χ3v) is 7.12. The van der Waals surface area contributed by atoms with E-state index in [0.29, 0.717) is 46.7 Å². The van der Waals surface area contributed by atoms with Gasteiger partial charge in [0, 0.05) is 17.5 Å². The predicted octanol–water partition coefficient (Wildman–Crippen LogP) is 3.61. The average molecular weight is 386 g/mol. The van der Waals surface area contributed by atoms with Crippen molar-refractivity contribution >= 4 is 28.4 Å². The molecule has 142 valence electrons. The van der Waals surface area contributed by atoms with E-state index in [0.717, 1.165) is 18.3 Å². The van der Waals surface area contributed by atoms with Crippen LogP contribution in [0.3, 0.4) is 0 Å². The van der Waals surface area contributed by atoms with E-state index >= 15 is 0 Å². The number of hydrogen-bond acceptors (Lipinski definition) is 3. The molecular weight excluding hydrogens is 362 g/mol. The SMILES string of the molecule is CCCN(Cc1nc2cc(Cl)ccc2c(=O)[nH]1)C(=O)C1[C@@H]2[C@H]3CC[C@@H](C3)[C@@H]12. The Morgan fingerprint density at radius 1 is 1.30 bits per heavy atom. The number of rotatable bonds is 5. The molecule has 1 aromatic carbocycles. The van der Waals surface area contributed by atoms with Crippen molar-refractivity contribution < 1.29 is 4.79 Å². The summed E-state index contributed by atoms with van der Waals surface area (Å²) >= 11 is 6.05. The van der Waals surface area contributed by atoms with Crippen molar-refractivity contribution in [1.82, 2.24) is 14.9 Å². The van der Waals surface area contributed by atoms with Gasteiger partial charge in [-0.3, -0.25) is 9.59 Å². The fraction of sp³-hybridized carbons (Fsp3) is 0.571. The number of nitrogens with one attached hydrogen (secondary N) is 1. The average Bonchev–Trinajstić information content (AvgIpc) is 3.06. The Morgan fingerprint density at radius 2 is 2.04 bits per heavy atom. The highest BCUT2D eigenvalue weighted by molar-refractivity contribution is 6.31. The highest BCUT2D eigenvalue weighted by Gasteiger charge is 2.67. The van der Waals surface area contributed by atoms with Crippen molar-refractivity contribution in [2.75, 3.05) is 6.54 Å². The van der Waals surface area contributed by atoms with Crippen molar-refractivity contribution in [3.8, 4) is 0 Å². The molecule has 0 aliphatic heterocycles. The summed E-state index contributed by atoms with van der Waals surface area (Å²) in [6.45, 7) is 3.13. The summed E-state index contributed by atoms with van der Waals surface area (Å²) in [5.41, 5.74) is 0.392. The molecule has 27 heavy (non-hydrogen) atoms. The Bertz CT molecular complexity index is 956. The van der Waals surface area contributed by atoms with Crippen LogP contribution in [0.2, 0.25) is 5.02 Å². The molecule has 0 radical (unpaired) electrons. The minimum atomic E-state index is -0.183. The molecule has 3 aliphatic carbocycles. The van der Waals surface area contributed by atoms with E-state index in [-0.39, 0.29) is 17.4 Å². The monoisotopic (exact) mass is 385 g/mol. The van der Waals surface area contributed by atoms with Crippen LogP contribution in [0, 0.1) is 29.6 Å². The zero-order valence-corrected chi connectivity index (χ0v) is 16.2. The first-order chi connectivity index (χ1) is 13.1. The third-order valence-electron chi connectivity index (χ3n) is 6.88. The van der Waals surface area contributed by atoms with Gasteiger partial charge in [-0.15, -0.1) is 0 Å². The van der Waals surface area contributed by atoms with Crippen LogP contribution in [0.25, 0.3) is 10.9 Å². The number of halogens is 1. The molecule has 3 saturated carbocycles. The standard InChI is InChI=1S/C21H24ClN3O2/c1-2-7-25(21(27)19-17-11-3-4-12(8-11)18(17)19)10-16-23-15-9-13(22)5-6-14(15)20(26)24-16/h5-6,9,11-12,17-19H,2-4,7-8,10H2,1H3,(H,23,24,26)/t11-,12-,17+,18+/m0/s1. The van der Waals surface area contributed by atoms with Gasteiger partial charge in [0.25, 0.3) is 5.56 Å². The number of carbonyl (C=O) groups excluding carboxylic acids is 1. The molecule has 4 atom stereocenters. The molecule has 1 aromatic heterocycles. The molecule has 0 unspecified atom stereocenters. The number of fused-ring (bicyclic) bond motifs is 6. The Labute approximate surface area is 163 Å². The number of amides is 1. The second-order valence-corrected chi connectivity index (χ2v) is 8.88. The van der Waals surface area contributed by atoms with Crippen LogP contribution in [0.1, 0.15) is 38.4 Å². The van der Waals surface area contributed by atoms with E-state index in [1.807, 2.05) is 4.90 Å². The van der Waals surface area contributed by atoms with Crippen molar-refractivity contribution in [3.05, 3.63) is 39.4 Å². The van der Waals surface area contributed by atoms with Crippen LogP contribution in [-0.4, -0.2) is 27.3 Å². The highest BCUT2D eigenvalue weighted by Crippen LogP contribution is 2.69. The topological polar surface area (TPSA) is 66.1 Å². The molecule has 0 spiro atoms. The number of hydrogen-bond donors (Lipinski definition) is 1. The summed E-state index contributed by atoms with van der Waals surface area (Å²) in [4.78, 5) is 34.9. The lowest BCUT2D eigenvalue weighted by atomic mass is 10.0. The van der Waals surface area contributed by atoms with Gasteiger partial charge >= 0.3 is 0 Å². The Hall–Kier alpha value is -1.88. The summed E-state index contributed by atoms with van der Waals surface area (Å²) in [7, 11) is 0. The number of aromatic nitrogens is 2. The molecule has 3 aliphatic rings. The fourth-order valence-corrected chi connectivity index (χ4v) is 5.99.